The van der Waals surface area contributed by atoms with Gasteiger partial charge in [-0.25, -0.2) is 4.79 Å². The zero-order chi connectivity index (χ0) is 22.9. The number of hydrogen-bond donors (Lipinski definition) is 2. The Morgan fingerprint density at radius 1 is 1.21 bits per heavy atom. The summed E-state index contributed by atoms with van der Waals surface area (Å²) in [5.74, 6) is 0.517. The molecule has 0 bridgehead atoms. The molecule has 0 spiro atoms. The van der Waals surface area contributed by atoms with Crippen LogP contribution in [0.1, 0.15) is 36.3 Å². The molecule has 2 aromatic rings. The lowest BCUT2D eigenvalue weighted by Crippen LogP contribution is -2.73. The van der Waals surface area contributed by atoms with Crippen molar-refractivity contribution in [2.45, 2.75) is 37.3 Å². The summed E-state index contributed by atoms with van der Waals surface area (Å²) in [7, 11) is 1.57. The molecule has 3 aliphatic rings. The number of benzene rings is 2. The molecular weight excluding hydrogens is 418 g/mol. The van der Waals surface area contributed by atoms with Gasteiger partial charge in [-0.2, -0.15) is 0 Å². The third-order valence-corrected chi connectivity index (χ3v) is 7.07. The summed E-state index contributed by atoms with van der Waals surface area (Å²) in [6.45, 7) is 0.341. The van der Waals surface area contributed by atoms with Gasteiger partial charge in [0.05, 0.1) is 25.8 Å². The Morgan fingerprint density at radius 2 is 2.03 bits per heavy atom. The monoisotopic (exact) mass is 447 g/mol. The average molecular weight is 448 g/mol. The smallest absolute Gasteiger partial charge is 0.322 e. The van der Waals surface area contributed by atoms with Crippen molar-refractivity contribution in [1.29, 1.82) is 0 Å². The van der Waals surface area contributed by atoms with Crippen molar-refractivity contribution in [3.05, 3.63) is 65.7 Å². The number of hydrogen-bond acceptors (Lipinski definition) is 4. The Balaban J connectivity index is 1.32. The molecule has 0 radical (unpaired) electrons. The molecule has 2 aromatic carbocycles. The first kappa shape index (κ1) is 21.5. The second-order valence-corrected chi connectivity index (χ2v) is 8.93. The molecule has 3 atom stereocenters. The lowest BCUT2D eigenvalue weighted by atomic mass is 9.73. The van der Waals surface area contributed by atoms with Gasteiger partial charge in [0, 0.05) is 24.2 Å². The average Bonchev–Trinajstić information content (AvgIpc) is 3.36. The number of carbonyl (C=O) groups is 2. The zero-order valence-electron chi connectivity index (χ0n) is 18.7. The van der Waals surface area contributed by atoms with Gasteiger partial charge in [0.25, 0.3) is 0 Å². The fraction of sp³-hybridized carbons (Fsp3) is 0.385. The van der Waals surface area contributed by atoms with E-state index in [1.54, 1.807) is 41.2 Å². The SMILES string of the molecule is COc1cccc(NC(=O)N2CC(=O)N3[C@H](CO)[C@@H](c4ccc(C5=CCCC5)cc4)[C@@H]3C2)c1. The summed E-state index contributed by atoms with van der Waals surface area (Å²) in [5.41, 5.74) is 4.35. The molecule has 172 valence electrons. The van der Waals surface area contributed by atoms with Crippen LogP contribution in [-0.2, 0) is 4.79 Å². The topological polar surface area (TPSA) is 82.1 Å². The van der Waals surface area contributed by atoms with Crippen LogP contribution in [0.2, 0.25) is 0 Å². The molecule has 2 saturated heterocycles. The summed E-state index contributed by atoms with van der Waals surface area (Å²) in [6.07, 6.45) is 5.76. The number of ether oxygens (including phenoxy) is 1. The maximum absolute atomic E-state index is 12.9. The molecule has 2 aliphatic heterocycles. The highest BCUT2D eigenvalue weighted by molar-refractivity contribution is 5.94. The van der Waals surface area contributed by atoms with Gasteiger partial charge in [0.2, 0.25) is 5.91 Å². The lowest BCUT2D eigenvalue weighted by molar-refractivity contribution is -0.159. The Bertz CT molecular complexity index is 1080. The molecule has 3 amide bonds. The number of fused-ring (bicyclic) bond motifs is 1. The van der Waals surface area contributed by atoms with Crippen molar-refractivity contribution in [3.8, 4) is 5.75 Å². The van der Waals surface area contributed by atoms with Crippen molar-refractivity contribution in [1.82, 2.24) is 9.80 Å². The fourth-order valence-electron chi connectivity index (χ4n) is 5.41. The lowest BCUT2D eigenvalue weighted by Gasteiger charge is -2.58. The molecular formula is C26H29N3O4. The standard InChI is InChI=1S/C26H29N3O4/c1-33-21-8-4-7-20(13-21)27-26(32)28-14-22-25(23(16-30)29(22)24(31)15-28)19-11-9-18(10-12-19)17-5-2-3-6-17/h4-5,7-13,22-23,25,30H,2-3,6,14-16H2,1H3,(H,27,32)/t22-,23+,25-/m0/s1. The van der Waals surface area contributed by atoms with E-state index in [4.69, 9.17) is 4.74 Å². The molecule has 0 aromatic heterocycles. The number of rotatable bonds is 5. The number of amides is 3. The van der Waals surface area contributed by atoms with E-state index in [2.05, 4.69) is 35.7 Å². The normalized spacial score (nSPS) is 24.1. The van der Waals surface area contributed by atoms with E-state index in [0.29, 0.717) is 18.0 Å². The molecule has 0 saturated carbocycles. The Labute approximate surface area is 193 Å². The molecule has 7 heteroatoms. The maximum atomic E-state index is 12.9. The highest BCUT2D eigenvalue weighted by Gasteiger charge is 2.54. The van der Waals surface area contributed by atoms with E-state index in [-0.39, 0.29) is 43.1 Å². The minimum Gasteiger partial charge on any atom is -0.497 e. The van der Waals surface area contributed by atoms with Crippen LogP contribution in [0.25, 0.3) is 5.57 Å². The van der Waals surface area contributed by atoms with E-state index in [0.717, 1.165) is 18.4 Å². The second-order valence-electron chi connectivity index (χ2n) is 8.93. The van der Waals surface area contributed by atoms with Crippen LogP contribution in [0.5, 0.6) is 5.75 Å². The minimum absolute atomic E-state index is 0.00187. The largest absolute Gasteiger partial charge is 0.497 e. The number of aliphatic hydroxyl groups excluding tert-OH is 1. The first-order valence-electron chi connectivity index (χ1n) is 11.5. The van der Waals surface area contributed by atoms with Crippen molar-refractivity contribution in [3.63, 3.8) is 0 Å². The Morgan fingerprint density at radius 3 is 2.73 bits per heavy atom. The first-order valence-corrected chi connectivity index (χ1v) is 11.5. The van der Waals surface area contributed by atoms with E-state index in [1.807, 2.05) is 0 Å². The van der Waals surface area contributed by atoms with Crippen molar-refractivity contribution >= 4 is 23.2 Å². The first-order chi connectivity index (χ1) is 16.1. The fourth-order valence-corrected chi connectivity index (χ4v) is 5.41. The molecule has 0 unspecified atom stereocenters. The van der Waals surface area contributed by atoms with E-state index in [9.17, 15) is 14.7 Å². The summed E-state index contributed by atoms with van der Waals surface area (Å²) in [4.78, 5) is 29.1. The third-order valence-electron chi connectivity index (χ3n) is 7.07. The van der Waals surface area contributed by atoms with Crippen LogP contribution < -0.4 is 10.1 Å². The van der Waals surface area contributed by atoms with Gasteiger partial charge >= 0.3 is 6.03 Å². The molecule has 2 fully saturated rings. The molecule has 2 heterocycles. The van der Waals surface area contributed by atoms with Gasteiger partial charge in [0.15, 0.2) is 0 Å². The number of piperazine rings is 1. The minimum atomic E-state index is -0.314. The summed E-state index contributed by atoms with van der Waals surface area (Å²) < 4.78 is 5.21. The summed E-state index contributed by atoms with van der Waals surface area (Å²) in [5, 5.41) is 12.9. The highest BCUT2D eigenvalue weighted by Crippen LogP contribution is 2.43. The predicted octanol–water partition coefficient (Wildman–Crippen LogP) is 3.47. The molecule has 1 aliphatic carbocycles. The second kappa shape index (κ2) is 8.90. The van der Waals surface area contributed by atoms with Gasteiger partial charge in [0.1, 0.15) is 12.3 Å². The van der Waals surface area contributed by atoms with Gasteiger partial charge in [-0.05, 0) is 48.1 Å². The quantitative estimate of drug-likeness (QED) is 0.736. The summed E-state index contributed by atoms with van der Waals surface area (Å²) in [6, 6.07) is 14.9. The highest BCUT2D eigenvalue weighted by atomic mass is 16.5. The van der Waals surface area contributed by atoms with Gasteiger partial charge in [-0.1, -0.05) is 36.4 Å². The number of carbonyl (C=O) groups excluding carboxylic acids is 2. The van der Waals surface area contributed by atoms with E-state index < -0.39 is 0 Å². The number of aliphatic hydroxyl groups is 1. The van der Waals surface area contributed by atoms with Gasteiger partial charge in [-0.3, -0.25) is 4.79 Å². The van der Waals surface area contributed by atoms with Crippen LogP contribution in [0, 0.1) is 0 Å². The van der Waals surface area contributed by atoms with Gasteiger partial charge in [-0.15, -0.1) is 0 Å². The van der Waals surface area contributed by atoms with Crippen LogP contribution >= 0.6 is 0 Å². The van der Waals surface area contributed by atoms with Gasteiger partial charge < -0.3 is 25.0 Å². The van der Waals surface area contributed by atoms with Crippen LogP contribution in [0.3, 0.4) is 0 Å². The number of anilines is 1. The number of nitrogens with one attached hydrogen (secondary N) is 1. The summed E-state index contributed by atoms with van der Waals surface area (Å²) >= 11 is 0. The van der Waals surface area contributed by atoms with E-state index >= 15 is 0 Å². The molecule has 5 rings (SSSR count). The maximum Gasteiger partial charge on any atom is 0.322 e. The number of urea groups is 1. The third kappa shape index (κ3) is 3.97. The van der Waals surface area contributed by atoms with Crippen molar-refractivity contribution < 1.29 is 19.4 Å². The number of nitrogens with zero attached hydrogens (tertiary/aromatic N) is 2. The molecule has 2 N–H and O–H groups in total. The predicted molar refractivity (Wildman–Crippen MR) is 126 cm³/mol. The molecule has 7 nitrogen and oxygen atoms in total. The van der Waals surface area contributed by atoms with Crippen LogP contribution in [0.4, 0.5) is 10.5 Å². The van der Waals surface area contributed by atoms with Crippen molar-refractivity contribution in [2.75, 3.05) is 32.1 Å². The van der Waals surface area contributed by atoms with E-state index in [1.165, 1.54) is 17.6 Å². The zero-order valence-corrected chi connectivity index (χ0v) is 18.7. The van der Waals surface area contributed by atoms with Crippen LogP contribution in [-0.4, -0.2) is 65.7 Å². The van der Waals surface area contributed by atoms with Crippen molar-refractivity contribution in [2.24, 2.45) is 0 Å². The van der Waals surface area contributed by atoms with Crippen LogP contribution in [0.15, 0.2) is 54.6 Å². The molecule has 33 heavy (non-hydrogen) atoms. The Kier molecular flexibility index (Phi) is 5.81. The number of allylic oxidation sites excluding steroid dienone is 2. The Hall–Kier alpha value is -3.32. The number of methoxy groups -OCH3 is 1.